The molecule has 0 aliphatic heterocycles. The maximum Gasteiger partial charge on any atom is 0.261 e. The molecule has 0 bridgehead atoms. The zero-order valence-corrected chi connectivity index (χ0v) is 9.29. The topological polar surface area (TPSA) is 81.0 Å². The van der Waals surface area contributed by atoms with Crippen LogP contribution in [0.4, 0.5) is 8.78 Å². The number of alkyl halides is 2. The normalized spacial score (nSPS) is 11.1. The fourth-order valence-corrected chi connectivity index (χ4v) is 1.30. The highest BCUT2D eigenvalue weighted by molar-refractivity contribution is 5.03. The quantitative estimate of drug-likeness (QED) is 0.669. The molecule has 1 aromatic heterocycles. The highest BCUT2D eigenvalue weighted by atomic mass is 19.3. The largest absolute Gasteiger partial charge is 0.375 e. The maximum absolute atomic E-state index is 11.8. The van der Waals surface area contributed by atoms with E-state index < -0.39 is 13.0 Å². The summed E-state index contributed by atoms with van der Waals surface area (Å²) in [4.78, 5) is 17.9. The van der Waals surface area contributed by atoms with Crippen molar-refractivity contribution in [2.75, 3.05) is 19.8 Å². The summed E-state index contributed by atoms with van der Waals surface area (Å²) in [5.74, 6) is 0.426. The van der Waals surface area contributed by atoms with Crippen LogP contribution in [0.3, 0.4) is 0 Å². The fourth-order valence-electron chi connectivity index (χ4n) is 1.30. The smallest absolute Gasteiger partial charge is 0.261 e. The molecule has 7 heteroatoms. The molecule has 0 spiro atoms. The number of hydrogen-bond donors (Lipinski definition) is 2. The molecular formula is C10H15F2N3O2. The van der Waals surface area contributed by atoms with Gasteiger partial charge < -0.3 is 15.5 Å². The Morgan fingerprint density at radius 2 is 2.24 bits per heavy atom. The Hall–Kier alpha value is -1.34. The molecule has 17 heavy (non-hydrogen) atoms. The van der Waals surface area contributed by atoms with Crippen LogP contribution in [0.5, 0.6) is 0 Å². The van der Waals surface area contributed by atoms with Gasteiger partial charge in [-0.15, -0.1) is 0 Å². The second-order valence-corrected chi connectivity index (χ2v) is 3.44. The molecule has 0 unspecified atom stereocenters. The van der Waals surface area contributed by atoms with Gasteiger partial charge in [0.15, 0.2) is 0 Å². The van der Waals surface area contributed by atoms with Gasteiger partial charge in [0.2, 0.25) is 0 Å². The molecule has 1 heterocycles. The molecule has 0 fully saturated rings. The number of ether oxygens (including phenoxy) is 1. The number of nitrogens with zero attached hydrogens (tertiary/aromatic N) is 1. The second-order valence-electron chi connectivity index (χ2n) is 3.44. The Morgan fingerprint density at radius 3 is 2.88 bits per heavy atom. The van der Waals surface area contributed by atoms with Gasteiger partial charge in [-0.3, -0.25) is 4.79 Å². The number of nitrogens with two attached hydrogens (primary N) is 1. The Kier molecular flexibility index (Phi) is 5.71. The number of aromatic nitrogens is 2. The van der Waals surface area contributed by atoms with E-state index >= 15 is 0 Å². The lowest BCUT2D eigenvalue weighted by atomic mass is 10.3. The molecular weight excluding hydrogens is 232 g/mol. The van der Waals surface area contributed by atoms with Crippen LogP contribution < -0.4 is 11.3 Å². The molecule has 1 aromatic rings. The summed E-state index contributed by atoms with van der Waals surface area (Å²) < 4.78 is 28.3. The van der Waals surface area contributed by atoms with Crippen molar-refractivity contribution in [3.8, 4) is 0 Å². The highest BCUT2D eigenvalue weighted by Gasteiger charge is 2.04. The molecule has 0 saturated heterocycles. The van der Waals surface area contributed by atoms with E-state index in [1.54, 1.807) is 0 Å². The third-order valence-corrected chi connectivity index (χ3v) is 1.97. The van der Waals surface area contributed by atoms with Crippen LogP contribution in [0.15, 0.2) is 10.9 Å². The first-order valence-electron chi connectivity index (χ1n) is 5.27. The molecule has 0 aliphatic carbocycles. The van der Waals surface area contributed by atoms with E-state index in [-0.39, 0.29) is 12.2 Å². The summed E-state index contributed by atoms with van der Waals surface area (Å²) in [6, 6.07) is 1.37. The number of H-pyrrole nitrogens is 1. The Bertz CT molecular complexity index is 395. The van der Waals surface area contributed by atoms with E-state index in [2.05, 4.69) is 9.97 Å². The predicted molar refractivity (Wildman–Crippen MR) is 58.1 cm³/mol. The van der Waals surface area contributed by atoms with Gasteiger partial charge in [0.1, 0.15) is 12.4 Å². The van der Waals surface area contributed by atoms with Crippen molar-refractivity contribution in [2.24, 2.45) is 5.73 Å². The van der Waals surface area contributed by atoms with Crippen molar-refractivity contribution in [1.82, 2.24) is 9.97 Å². The third-order valence-electron chi connectivity index (χ3n) is 1.97. The molecule has 0 amide bonds. The molecule has 3 N–H and O–H groups in total. The standard InChI is InChI=1S/C10H15F2N3O2/c11-8(12)6-17-4-2-9-14-7(1-3-13)5-10(16)15-9/h5,8H,1-4,6,13H2,(H,14,15,16). The molecule has 0 saturated carbocycles. The molecule has 96 valence electrons. The lowest BCUT2D eigenvalue weighted by Crippen LogP contribution is -2.17. The Labute approximate surface area is 97.0 Å². The van der Waals surface area contributed by atoms with E-state index in [4.69, 9.17) is 10.5 Å². The van der Waals surface area contributed by atoms with Crippen LogP contribution >= 0.6 is 0 Å². The number of aromatic amines is 1. The van der Waals surface area contributed by atoms with Crippen molar-refractivity contribution >= 4 is 0 Å². The first kappa shape index (κ1) is 13.7. The second kappa shape index (κ2) is 7.08. The van der Waals surface area contributed by atoms with Crippen LogP contribution in [0.2, 0.25) is 0 Å². The zero-order chi connectivity index (χ0) is 12.7. The van der Waals surface area contributed by atoms with Gasteiger partial charge in [-0.1, -0.05) is 0 Å². The Balaban J connectivity index is 2.50. The summed E-state index contributed by atoms with van der Waals surface area (Å²) in [6.07, 6.45) is -1.68. The average molecular weight is 247 g/mol. The highest BCUT2D eigenvalue weighted by Crippen LogP contribution is 1.97. The van der Waals surface area contributed by atoms with Gasteiger partial charge in [-0.05, 0) is 6.54 Å². The summed E-state index contributed by atoms with van der Waals surface area (Å²) >= 11 is 0. The van der Waals surface area contributed by atoms with Crippen molar-refractivity contribution in [2.45, 2.75) is 19.3 Å². The minimum Gasteiger partial charge on any atom is -0.375 e. The van der Waals surface area contributed by atoms with Crippen LogP contribution in [0.25, 0.3) is 0 Å². The summed E-state index contributed by atoms with van der Waals surface area (Å²) in [5, 5.41) is 0. The molecule has 0 aromatic carbocycles. The number of rotatable bonds is 7. The minimum atomic E-state index is -2.48. The first-order chi connectivity index (χ1) is 8.11. The monoisotopic (exact) mass is 247 g/mol. The summed E-state index contributed by atoms with van der Waals surface area (Å²) in [5.41, 5.74) is 5.68. The van der Waals surface area contributed by atoms with Crippen molar-refractivity contribution < 1.29 is 13.5 Å². The van der Waals surface area contributed by atoms with Gasteiger partial charge >= 0.3 is 0 Å². The van der Waals surface area contributed by atoms with Gasteiger partial charge in [0, 0.05) is 24.6 Å². The van der Waals surface area contributed by atoms with E-state index in [9.17, 15) is 13.6 Å². The van der Waals surface area contributed by atoms with E-state index in [0.717, 1.165) is 0 Å². The average Bonchev–Trinajstić information content (AvgIpc) is 2.24. The van der Waals surface area contributed by atoms with Gasteiger partial charge in [0.25, 0.3) is 12.0 Å². The maximum atomic E-state index is 11.8. The minimum absolute atomic E-state index is 0.0966. The van der Waals surface area contributed by atoms with Crippen LogP contribution in [0, 0.1) is 0 Å². The van der Waals surface area contributed by atoms with Gasteiger partial charge in [-0.2, -0.15) is 0 Å². The van der Waals surface area contributed by atoms with Crippen molar-refractivity contribution in [1.29, 1.82) is 0 Å². The third kappa shape index (κ3) is 5.50. The number of nitrogens with one attached hydrogen (secondary N) is 1. The molecule has 5 nitrogen and oxygen atoms in total. The van der Waals surface area contributed by atoms with Crippen LogP contribution in [-0.4, -0.2) is 36.2 Å². The van der Waals surface area contributed by atoms with E-state index in [0.29, 0.717) is 30.9 Å². The van der Waals surface area contributed by atoms with Gasteiger partial charge in [0.05, 0.1) is 6.61 Å². The number of halogens is 2. The SMILES string of the molecule is NCCc1cc(=O)[nH]c(CCOCC(F)F)n1. The zero-order valence-electron chi connectivity index (χ0n) is 9.29. The lowest BCUT2D eigenvalue weighted by molar-refractivity contribution is 0.0182. The predicted octanol–water partition coefficient (Wildman–Crippen LogP) is 0.0953. The summed E-state index contributed by atoms with van der Waals surface area (Å²) in [7, 11) is 0. The van der Waals surface area contributed by atoms with Gasteiger partial charge in [-0.25, -0.2) is 13.8 Å². The van der Waals surface area contributed by atoms with Crippen LogP contribution in [-0.2, 0) is 17.6 Å². The lowest BCUT2D eigenvalue weighted by Gasteiger charge is -2.04. The van der Waals surface area contributed by atoms with Crippen molar-refractivity contribution in [3.05, 3.63) is 27.9 Å². The van der Waals surface area contributed by atoms with Crippen LogP contribution in [0.1, 0.15) is 11.5 Å². The molecule has 0 radical (unpaired) electrons. The summed E-state index contributed by atoms with van der Waals surface area (Å²) in [6.45, 7) is -0.107. The molecule has 0 atom stereocenters. The first-order valence-corrected chi connectivity index (χ1v) is 5.27. The molecule has 0 aliphatic rings. The van der Waals surface area contributed by atoms with E-state index in [1.807, 2.05) is 0 Å². The number of hydrogen-bond acceptors (Lipinski definition) is 4. The fraction of sp³-hybridized carbons (Fsp3) is 0.600. The van der Waals surface area contributed by atoms with Crippen molar-refractivity contribution in [3.63, 3.8) is 0 Å². The molecule has 1 rings (SSSR count). The Morgan fingerprint density at radius 1 is 1.47 bits per heavy atom. The van der Waals surface area contributed by atoms with E-state index in [1.165, 1.54) is 6.07 Å².